The molecule has 0 saturated carbocycles. The first-order chi connectivity index (χ1) is 6.15. The topological polar surface area (TPSA) is 69.6 Å². The van der Waals surface area contributed by atoms with E-state index in [0.717, 1.165) is 5.56 Å². The van der Waals surface area contributed by atoms with Crippen LogP contribution in [0.1, 0.15) is 21.5 Å². The summed E-state index contributed by atoms with van der Waals surface area (Å²) >= 11 is 0. The van der Waals surface area contributed by atoms with Gasteiger partial charge in [0.05, 0.1) is 5.56 Å². The summed E-state index contributed by atoms with van der Waals surface area (Å²) in [4.78, 5) is 10.6. The smallest absolute Gasteiger partial charge is 0.335 e. The van der Waals surface area contributed by atoms with Gasteiger partial charge >= 0.3 is 5.97 Å². The van der Waals surface area contributed by atoms with Gasteiger partial charge in [0, 0.05) is 6.54 Å². The number of carbonyl (C=O) groups is 1. The molecule has 0 aromatic heterocycles. The Morgan fingerprint density at radius 3 is 2.57 bits per heavy atom. The zero-order chi connectivity index (χ0) is 9.84. The Bertz CT molecular complexity index is 328. The van der Waals surface area contributed by atoms with E-state index < -0.39 is 5.97 Å². The second-order valence-corrected chi connectivity index (χ2v) is 2.79. The summed E-state index contributed by atoms with van der Waals surface area (Å²) in [6.45, 7) is 2.05. The molecule has 4 nitrogen and oxygen atoms in total. The van der Waals surface area contributed by atoms with Crippen LogP contribution in [0.5, 0.6) is 0 Å². The Morgan fingerprint density at radius 2 is 2.14 bits per heavy atom. The van der Waals surface area contributed by atoms with Crippen LogP contribution in [-0.2, 0) is 6.54 Å². The molecule has 5 heteroatoms. The van der Waals surface area contributed by atoms with Crippen molar-refractivity contribution in [3.8, 4) is 0 Å². The van der Waals surface area contributed by atoms with E-state index in [1.54, 1.807) is 19.1 Å². The van der Waals surface area contributed by atoms with Crippen molar-refractivity contribution in [2.75, 3.05) is 0 Å². The average Bonchev–Trinajstić information content (AvgIpc) is 2.04. The first kappa shape index (κ1) is 12.9. The summed E-state index contributed by atoms with van der Waals surface area (Å²) < 4.78 is 0. The van der Waals surface area contributed by atoms with Gasteiger partial charge in [-0.25, -0.2) is 10.3 Å². The molecule has 0 atom stereocenters. The van der Waals surface area contributed by atoms with Crippen LogP contribution in [0, 0.1) is 6.92 Å². The first-order valence-corrected chi connectivity index (χ1v) is 3.85. The van der Waals surface area contributed by atoms with Crippen molar-refractivity contribution in [1.82, 2.24) is 5.48 Å². The molecule has 0 unspecified atom stereocenters. The van der Waals surface area contributed by atoms with E-state index in [1.165, 1.54) is 6.07 Å². The fourth-order valence-electron chi connectivity index (χ4n) is 1.17. The van der Waals surface area contributed by atoms with Crippen molar-refractivity contribution in [1.29, 1.82) is 0 Å². The monoisotopic (exact) mass is 217 g/mol. The highest BCUT2D eigenvalue weighted by Crippen LogP contribution is 2.10. The Morgan fingerprint density at radius 1 is 1.50 bits per heavy atom. The Kier molecular flexibility index (Phi) is 5.15. The summed E-state index contributed by atoms with van der Waals surface area (Å²) in [6.07, 6.45) is 0. The molecule has 0 aliphatic carbocycles. The predicted octanol–water partition coefficient (Wildman–Crippen LogP) is 1.59. The van der Waals surface area contributed by atoms with Gasteiger partial charge in [-0.15, -0.1) is 12.4 Å². The molecule has 0 saturated heterocycles. The molecule has 1 aromatic rings. The molecule has 14 heavy (non-hydrogen) atoms. The number of aryl methyl sites for hydroxylation is 1. The minimum absolute atomic E-state index is 0. The van der Waals surface area contributed by atoms with Crippen LogP contribution in [0.15, 0.2) is 18.2 Å². The van der Waals surface area contributed by atoms with Crippen LogP contribution >= 0.6 is 12.4 Å². The lowest BCUT2D eigenvalue weighted by molar-refractivity contribution is 0.0696. The molecule has 0 aliphatic rings. The lowest BCUT2D eigenvalue weighted by Gasteiger charge is -2.03. The maximum Gasteiger partial charge on any atom is 0.335 e. The SMILES string of the molecule is Cc1cc(CNO)ccc1C(=O)O.Cl. The number of hydrogen-bond acceptors (Lipinski definition) is 3. The lowest BCUT2D eigenvalue weighted by atomic mass is 10.1. The average molecular weight is 218 g/mol. The quantitative estimate of drug-likeness (QED) is 0.673. The van der Waals surface area contributed by atoms with Crippen molar-refractivity contribution < 1.29 is 15.1 Å². The molecule has 1 rings (SSSR count). The van der Waals surface area contributed by atoms with E-state index in [0.29, 0.717) is 17.7 Å². The number of hydrogen-bond donors (Lipinski definition) is 3. The van der Waals surface area contributed by atoms with Gasteiger partial charge in [-0.2, -0.15) is 0 Å². The Labute approximate surface area is 87.9 Å². The summed E-state index contributed by atoms with van der Waals surface area (Å²) in [6, 6.07) is 4.93. The second kappa shape index (κ2) is 5.59. The number of rotatable bonds is 3. The van der Waals surface area contributed by atoms with Gasteiger partial charge < -0.3 is 10.3 Å². The molecule has 0 fully saturated rings. The summed E-state index contributed by atoms with van der Waals surface area (Å²) in [5.74, 6) is -0.930. The largest absolute Gasteiger partial charge is 0.478 e. The third kappa shape index (κ3) is 2.99. The Balaban J connectivity index is 0.00000169. The fourth-order valence-corrected chi connectivity index (χ4v) is 1.17. The fraction of sp³-hybridized carbons (Fsp3) is 0.222. The molecule has 0 heterocycles. The third-order valence-corrected chi connectivity index (χ3v) is 1.80. The molecule has 0 spiro atoms. The van der Waals surface area contributed by atoms with E-state index >= 15 is 0 Å². The van der Waals surface area contributed by atoms with E-state index in [-0.39, 0.29) is 12.4 Å². The minimum atomic E-state index is -0.930. The first-order valence-electron chi connectivity index (χ1n) is 3.85. The normalized spacial score (nSPS) is 9.29. The van der Waals surface area contributed by atoms with E-state index in [1.807, 2.05) is 5.48 Å². The highest BCUT2D eigenvalue weighted by atomic mass is 35.5. The van der Waals surface area contributed by atoms with Crippen LogP contribution in [0.25, 0.3) is 0 Å². The number of nitrogens with one attached hydrogen (secondary N) is 1. The number of hydroxylamine groups is 1. The maximum absolute atomic E-state index is 10.6. The van der Waals surface area contributed by atoms with Gasteiger partial charge in [0.2, 0.25) is 0 Å². The van der Waals surface area contributed by atoms with Crippen LogP contribution < -0.4 is 5.48 Å². The lowest BCUT2D eigenvalue weighted by Crippen LogP contribution is -2.07. The molecule has 0 aliphatic heterocycles. The summed E-state index contributed by atoms with van der Waals surface area (Å²) in [5.41, 5.74) is 3.85. The third-order valence-electron chi connectivity index (χ3n) is 1.80. The summed E-state index contributed by atoms with van der Waals surface area (Å²) in [5, 5.41) is 17.1. The number of carboxylic acid groups (broad SMARTS) is 1. The highest BCUT2D eigenvalue weighted by molar-refractivity contribution is 5.89. The molecule has 3 N–H and O–H groups in total. The van der Waals surface area contributed by atoms with E-state index in [2.05, 4.69) is 0 Å². The molecular formula is C9H12ClNO3. The molecule has 0 amide bonds. The van der Waals surface area contributed by atoms with Crippen molar-refractivity contribution in [2.45, 2.75) is 13.5 Å². The maximum atomic E-state index is 10.6. The van der Waals surface area contributed by atoms with E-state index in [9.17, 15) is 4.79 Å². The van der Waals surface area contributed by atoms with Crippen LogP contribution in [0.4, 0.5) is 0 Å². The van der Waals surface area contributed by atoms with Gasteiger partial charge in [0.15, 0.2) is 0 Å². The van der Waals surface area contributed by atoms with Gasteiger partial charge in [0.1, 0.15) is 0 Å². The van der Waals surface area contributed by atoms with Crippen molar-refractivity contribution >= 4 is 18.4 Å². The molecule has 1 aromatic carbocycles. The zero-order valence-electron chi connectivity index (χ0n) is 7.65. The van der Waals surface area contributed by atoms with Crippen LogP contribution in [-0.4, -0.2) is 16.3 Å². The molecule has 0 bridgehead atoms. The minimum Gasteiger partial charge on any atom is -0.478 e. The number of benzene rings is 1. The van der Waals surface area contributed by atoms with Gasteiger partial charge in [0.25, 0.3) is 0 Å². The molecule has 78 valence electrons. The zero-order valence-corrected chi connectivity index (χ0v) is 8.47. The van der Waals surface area contributed by atoms with Crippen molar-refractivity contribution in [3.05, 3.63) is 34.9 Å². The standard InChI is InChI=1S/C9H11NO3.ClH/c1-6-4-7(5-10-13)2-3-8(6)9(11)12;/h2-4,10,13H,5H2,1H3,(H,11,12);1H. The van der Waals surface area contributed by atoms with Gasteiger partial charge in [-0.3, -0.25) is 0 Å². The van der Waals surface area contributed by atoms with Crippen LogP contribution in [0.2, 0.25) is 0 Å². The predicted molar refractivity (Wildman–Crippen MR) is 54.0 cm³/mol. The van der Waals surface area contributed by atoms with Gasteiger partial charge in [-0.1, -0.05) is 12.1 Å². The second-order valence-electron chi connectivity index (χ2n) is 2.79. The highest BCUT2D eigenvalue weighted by Gasteiger charge is 2.06. The van der Waals surface area contributed by atoms with E-state index in [4.69, 9.17) is 10.3 Å². The van der Waals surface area contributed by atoms with Crippen molar-refractivity contribution in [3.63, 3.8) is 0 Å². The Hall–Kier alpha value is -1.10. The number of halogens is 1. The van der Waals surface area contributed by atoms with Gasteiger partial charge in [-0.05, 0) is 24.1 Å². The number of carboxylic acids is 1. The number of aromatic carboxylic acids is 1. The summed E-state index contributed by atoms with van der Waals surface area (Å²) in [7, 11) is 0. The van der Waals surface area contributed by atoms with Crippen molar-refractivity contribution in [2.24, 2.45) is 0 Å². The van der Waals surface area contributed by atoms with Crippen LogP contribution in [0.3, 0.4) is 0 Å². The molecular weight excluding hydrogens is 206 g/mol. The molecule has 0 radical (unpaired) electrons.